The molecular formula is C24H22F3N3O2. The van der Waals surface area contributed by atoms with Crippen molar-refractivity contribution in [3.63, 3.8) is 0 Å². The van der Waals surface area contributed by atoms with Gasteiger partial charge in [0.05, 0.1) is 0 Å². The van der Waals surface area contributed by atoms with E-state index < -0.39 is 6.36 Å². The number of alkyl halides is 3. The Morgan fingerprint density at radius 2 is 1.81 bits per heavy atom. The number of carbonyl (C=O) groups is 1. The minimum absolute atomic E-state index is 0.0667. The van der Waals surface area contributed by atoms with Crippen LogP contribution in [0.5, 0.6) is 5.75 Å². The first-order valence-electron chi connectivity index (χ1n) is 10.1. The van der Waals surface area contributed by atoms with E-state index in [1.165, 1.54) is 24.3 Å². The van der Waals surface area contributed by atoms with Crippen molar-refractivity contribution >= 4 is 5.91 Å². The van der Waals surface area contributed by atoms with Crippen LogP contribution >= 0.6 is 0 Å². The topological polar surface area (TPSA) is 54.5 Å². The van der Waals surface area contributed by atoms with Crippen LogP contribution in [0.2, 0.25) is 0 Å². The second kappa shape index (κ2) is 9.00. The molecule has 5 nitrogen and oxygen atoms in total. The largest absolute Gasteiger partial charge is 0.573 e. The summed E-state index contributed by atoms with van der Waals surface area (Å²) in [5.74, 6) is -0.348. The van der Waals surface area contributed by atoms with Crippen molar-refractivity contribution in [3.8, 4) is 5.75 Å². The monoisotopic (exact) mass is 441 g/mol. The van der Waals surface area contributed by atoms with E-state index in [0.717, 1.165) is 27.8 Å². The maximum Gasteiger partial charge on any atom is 0.573 e. The van der Waals surface area contributed by atoms with Gasteiger partial charge in [0, 0.05) is 44.1 Å². The van der Waals surface area contributed by atoms with Crippen LogP contribution in [0, 0.1) is 6.92 Å². The molecule has 166 valence electrons. The highest BCUT2D eigenvalue weighted by molar-refractivity contribution is 5.99. The third-order valence-corrected chi connectivity index (χ3v) is 5.25. The van der Waals surface area contributed by atoms with Gasteiger partial charge in [0.25, 0.3) is 5.91 Å². The summed E-state index contributed by atoms with van der Waals surface area (Å²) in [5.41, 5.74) is 5.51. The van der Waals surface area contributed by atoms with Crippen LogP contribution in [-0.2, 0) is 26.2 Å². The standard InChI is InChI=1S/C24H22F3N3O2/c1-16-9-19(13-29-12-18-3-2-8-28-11-18)10-20-15-30(23(31)22(16)20)14-17-4-6-21(7-5-17)32-24(25,26)27/h2-11,29H,12-15H2,1H3. The number of halogens is 3. The Bertz CT molecular complexity index is 1100. The number of hydrogen-bond donors (Lipinski definition) is 1. The minimum Gasteiger partial charge on any atom is -0.406 e. The fourth-order valence-corrected chi connectivity index (χ4v) is 3.91. The van der Waals surface area contributed by atoms with Gasteiger partial charge in [-0.15, -0.1) is 13.2 Å². The van der Waals surface area contributed by atoms with Gasteiger partial charge in [0.2, 0.25) is 0 Å². The number of aryl methyl sites for hydroxylation is 1. The molecule has 1 N–H and O–H groups in total. The lowest BCUT2D eigenvalue weighted by Gasteiger charge is -2.16. The summed E-state index contributed by atoms with van der Waals surface area (Å²) >= 11 is 0. The molecule has 1 amide bonds. The quantitative estimate of drug-likeness (QED) is 0.576. The molecular weight excluding hydrogens is 419 g/mol. The number of ether oxygens (including phenoxy) is 1. The molecule has 0 fully saturated rings. The zero-order valence-electron chi connectivity index (χ0n) is 17.4. The van der Waals surface area contributed by atoms with Gasteiger partial charge in [-0.2, -0.15) is 0 Å². The molecule has 0 radical (unpaired) electrons. The van der Waals surface area contributed by atoms with Crippen LogP contribution in [0.4, 0.5) is 13.2 Å². The molecule has 0 aliphatic carbocycles. The Morgan fingerprint density at radius 3 is 2.50 bits per heavy atom. The van der Waals surface area contributed by atoms with E-state index in [0.29, 0.717) is 31.7 Å². The molecule has 0 spiro atoms. The van der Waals surface area contributed by atoms with Crippen LogP contribution in [0.3, 0.4) is 0 Å². The van der Waals surface area contributed by atoms with E-state index in [1.807, 2.05) is 37.4 Å². The molecule has 2 heterocycles. The predicted octanol–water partition coefficient (Wildman–Crippen LogP) is 4.73. The van der Waals surface area contributed by atoms with Crippen LogP contribution in [0.25, 0.3) is 0 Å². The Kier molecular flexibility index (Phi) is 6.14. The summed E-state index contributed by atoms with van der Waals surface area (Å²) in [6, 6.07) is 13.5. The summed E-state index contributed by atoms with van der Waals surface area (Å²) in [5, 5.41) is 3.39. The number of nitrogens with zero attached hydrogens (tertiary/aromatic N) is 2. The lowest BCUT2D eigenvalue weighted by atomic mass is 10.0. The number of benzene rings is 2. The average Bonchev–Trinajstić information content (AvgIpc) is 3.05. The van der Waals surface area contributed by atoms with Gasteiger partial charge in [-0.3, -0.25) is 9.78 Å². The molecule has 32 heavy (non-hydrogen) atoms. The van der Waals surface area contributed by atoms with Crippen LogP contribution in [-0.4, -0.2) is 22.2 Å². The number of pyridine rings is 1. The van der Waals surface area contributed by atoms with Gasteiger partial charge in [0.15, 0.2) is 0 Å². The van der Waals surface area contributed by atoms with Crippen molar-refractivity contribution in [2.45, 2.75) is 39.5 Å². The first-order valence-corrected chi connectivity index (χ1v) is 10.1. The second-order valence-corrected chi connectivity index (χ2v) is 7.76. The van der Waals surface area contributed by atoms with Crippen LogP contribution in [0.15, 0.2) is 60.9 Å². The first kappa shape index (κ1) is 21.8. The van der Waals surface area contributed by atoms with Gasteiger partial charge in [-0.25, -0.2) is 0 Å². The molecule has 2 aromatic carbocycles. The summed E-state index contributed by atoms with van der Waals surface area (Å²) in [4.78, 5) is 18.7. The highest BCUT2D eigenvalue weighted by Gasteiger charge is 2.31. The Morgan fingerprint density at radius 1 is 1.06 bits per heavy atom. The van der Waals surface area contributed by atoms with Crippen molar-refractivity contribution in [2.75, 3.05) is 0 Å². The predicted molar refractivity (Wildman–Crippen MR) is 113 cm³/mol. The maximum absolute atomic E-state index is 12.9. The molecule has 4 rings (SSSR count). The SMILES string of the molecule is Cc1cc(CNCc2cccnc2)cc2c1C(=O)N(Cc1ccc(OC(F)(F)F)cc1)C2. The highest BCUT2D eigenvalue weighted by Crippen LogP contribution is 2.29. The van der Waals surface area contributed by atoms with Gasteiger partial charge in [-0.05, 0) is 52.9 Å². The highest BCUT2D eigenvalue weighted by atomic mass is 19.4. The molecule has 8 heteroatoms. The lowest BCUT2D eigenvalue weighted by Crippen LogP contribution is -2.23. The molecule has 0 unspecified atom stereocenters. The Labute approximate surface area is 183 Å². The molecule has 1 aliphatic heterocycles. The fourth-order valence-electron chi connectivity index (χ4n) is 3.91. The molecule has 1 aromatic heterocycles. The molecule has 0 atom stereocenters. The van der Waals surface area contributed by atoms with E-state index >= 15 is 0 Å². The Hall–Kier alpha value is -3.39. The van der Waals surface area contributed by atoms with Crippen molar-refractivity contribution in [2.24, 2.45) is 0 Å². The van der Waals surface area contributed by atoms with Crippen molar-refractivity contribution < 1.29 is 22.7 Å². The number of amides is 1. The molecule has 3 aromatic rings. The molecule has 0 saturated carbocycles. The third kappa shape index (κ3) is 5.26. The number of nitrogens with one attached hydrogen (secondary N) is 1. The first-order chi connectivity index (χ1) is 15.3. The normalized spacial score (nSPS) is 13.4. The van der Waals surface area contributed by atoms with Crippen LogP contribution in [0.1, 0.15) is 38.2 Å². The summed E-state index contributed by atoms with van der Waals surface area (Å²) in [6.07, 6.45) is -1.17. The maximum atomic E-state index is 12.9. The van der Waals surface area contributed by atoms with E-state index in [4.69, 9.17) is 0 Å². The van der Waals surface area contributed by atoms with Crippen molar-refractivity contribution in [3.05, 3.63) is 94.3 Å². The minimum atomic E-state index is -4.73. The number of aromatic nitrogens is 1. The smallest absolute Gasteiger partial charge is 0.406 e. The van der Waals surface area contributed by atoms with Gasteiger partial charge in [-0.1, -0.05) is 30.3 Å². The lowest BCUT2D eigenvalue weighted by molar-refractivity contribution is -0.274. The van der Waals surface area contributed by atoms with Gasteiger partial charge in [0.1, 0.15) is 5.75 Å². The average molecular weight is 441 g/mol. The molecule has 1 aliphatic rings. The van der Waals surface area contributed by atoms with E-state index in [2.05, 4.69) is 15.0 Å². The van der Waals surface area contributed by atoms with Crippen molar-refractivity contribution in [1.29, 1.82) is 0 Å². The van der Waals surface area contributed by atoms with Crippen LogP contribution < -0.4 is 10.1 Å². The van der Waals surface area contributed by atoms with Gasteiger partial charge < -0.3 is 15.0 Å². The number of fused-ring (bicyclic) bond motifs is 1. The Balaban J connectivity index is 1.40. The van der Waals surface area contributed by atoms with Gasteiger partial charge >= 0.3 is 6.36 Å². The fraction of sp³-hybridized carbons (Fsp3) is 0.250. The van der Waals surface area contributed by atoms with E-state index in [9.17, 15) is 18.0 Å². The van der Waals surface area contributed by atoms with Crippen molar-refractivity contribution in [1.82, 2.24) is 15.2 Å². The number of hydrogen-bond acceptors (Lipinski definition) is 4. The number of rotatable bonds is 7. The summed E-state index contributed by atoms with van der Waals surface area (Å²) in [6.45, 7) is 4.06. The number of carbonyl (C=O) groups excluding carboxylic acids is 1. The van der Waals surface area contributed by atoms with E-state index in [1.54, 1.807) is 11.1 Å². The molecule has 0 bridgehead atoms. The third-order valence-electron chi connectivity index (χ3n) is 5.25. The summed E-state index contributed by atoms with van der Waals surface area (Å²) < 4.78 is 40.9. The second-order valence-electron chi connectivity index (χ2n) is 7.76. The van der Waals surface area contributed by atoms with E-state index in [-0.39, 0.29) is 11.7 Å². The molecule has 0 saturated heterocycles. The summed E-state index contributed by atoms with van der Waals surface area (Å²) in [7, 11) is 0. The zero-order chi connectivity index (χ0) is 22.7. The zero-order valence-corrected chi connectivity index (χ0v) is 17.4.